The van der Waals surface area contributed by atoms with Crippen LogP contribution in [-0.4, -0.2) is 34.7 Å². The van der Waals surface area contributed by atoms with Gasteiger partial charge in [-0.3, -0.25) is 9.10 Å². The van der Waals surface area contributed by atoms with E-state index in [1.54, 1.807) is 37.5 Å². The van der Waals surface area contributed by atoms with Crippen LogP contribution in [0, 0.1) is 0 Å². The molecule has 3 aromatic carbocycles. The Balaban J connectivity index is 1.93. The van der Waals surface area contributed by atoms with E-state index in [0.717, 1.165) is 27.4 Å². The number of hydrogen-bond acceptors (Lipinski definition) is 4. The molecule has 0 saturated carbocycles. The highest BCUT2D eigenvalue weighted by atomic mass is 32.2. The summed E-state index contributed by atoms with van der Waals surface area (Å²) in [6.45, 7) is 0. The van der Waals surface area contributed by atoms with Crippen LogP contribution in [-0.2, 0) is 14.8 Å². The first kappa shape index (κ1) is 22.1. The van der Waals surface area contributed by atoms with Gasteiger partial charge in [0.25, 0.3) is 5.91 Å². The van der Waals surface area contributed by atoms with Crippen LogP contribution in [0.1, 0.15) is 11.1 Å². The smallest absolute Gasteiger partial charge is 0.256 e. The van der Waals surface area contributed by atoms with Crippen molar-refractivity contribution in [3.63, 3.8) is 0 Å². The Morgan fingerprint density at radius 1 is 0.968 bits per heavy atom. The standard InChI is InChI=1S/C24H24N2O4S/c1-26(31(3,28)29)21-11-7-10-20(17-21)25-24(27)23(19-8-5-4-6-9-19)16-18-12-14-22(30-2)15-13-18/h4-17H,1-3H3,(H,25,27)/b23-16+. The molecule has 31 heavy (non-hydrogen) atoms. The number of sulfonamides is 1. The van der Waals surface area contributed by atoms with Gasteiger partial charge in [0.15, 0.2) is 0 Å². The zero-order valence-electron chi connectivity index (χ0n) is 17.6. The van der Waals surface area contributed by atoms with Crippen LogP contribution >= 0.6 is 0 Å². The molecule has 0 saturated heterocycles. The van der Waals surface area contributed by atoms with Gasteiger partial charge in [-0.25, -0.2) is 8.42 Å². The number of anilines is 2. The maximum atomic E-state index is 13.2. The molecule has 7 heteroatoms. The first-order valence-electron chi connectivity index (χ1n) is 9.54. The number of hydrogen-bond donors (Lipinski definition) is 1. The Labute approximate surface area is 182 Å². The number of carbonyl (C=O) groups excluding carboxylic acids is 1. The second-order valence-corrected chi connectivity index (χ2v) is 8.95. The highest BCUT2D eigenvalue weighted by molar-refractivity contribution is 7.92. The van der Waals surface area contributed by atoms with Gasteiger partial charge in [0.05, 0.1) is 19.1 Å². The topological polar surface area (TPSA) is 75.7 Å². The molecule has 3 rings (SSSR count). The number of amides is 1. The quantitative estimate of drug-likeness (QED) is 0.443. The fraction of sp³-hybridized carbons (Fsp3) is 0.125. The van der Waals surface area contributed by atoms with Crippen molar-refractivity contribution >= 4 is 39.0 Å². The van der Waals surface area contributed by atoms with Crippen molar-refractivity contribution < 1.29 is 17.9 Å². The van der Waals surface area contributed by atoms with Crippen molar-refractivity contribution in [1.29, 1.82) is 0 Å². The van der Waals surface area contributed by atoms with Gasteiger partial charge >= 0.3 is 0 Å². The van der Waals surface area contributed by atoms with Gasteiger partial charge in [-0.2, -0.15) is 0 Å². The van der Waals surface area contributed by atoms with Gasteiger partial charge in [0.1, 0.15) is 5.75 Å². The molecule has 6 nitrogen and oxygen atoms in total. The van der Waals surface area contributed by atoms with E-state index in [9.17, 15) is 13.2 Å². The van der Waals surface area contributed by atoms with E-state index in [0.29, 0.717) is 16.9 Å². The molecule has 1 amide bonds. The van der Waals surface area contributed by atoms with Crippen LogP contribution in [0.3, 0.4) is 0 Å². The molecule has 160 valence electrons. The molecule has 0 unspecified atom stereocenters. The number of ether oxygens (including phenoxy) is 1. The largest absolute Gasteiger partial charge is 0.497 e. The van der Waals surface area contributed by atoms with Gasteiger partial charge in [0, 0.05) is 18.3 Å². The number of nitrogens with zero attached hydrogens (tertiary/aromatic N) is 1. The zero-order chi connectivity index (χ0) is 22.4. The minimum Gasteiger partial charge on any atom is -0.497 e. The Morgan fingerprint density at radius 3 is 2.26 bits per heavy atom. The van der Waals surface area contributed by atoms with Crippen molar-refractivity contribution in [2.45, 2.75) is 0 Å². The van der Waals surface area contributed by atoms with Crippen LogP contribution in [0.25, 0.3) is 11.6 Å². The maximum Gasteiger partial charge on any atom is 0.256 e. The summed E-state index contributed by atoms with van der Waals surface area (Å²) in [6, 6.07) is 23.5. The molecule has 0 fully saturated rings. The zero-order valence-corrected chi connectivity index (χ0v) is 18.4. The maximum absolute atomic E-state index is 13.2. The molecule has 0 aliphatic heterocycles. The number of carbonyl (C=O) groups is 1. The van der Waals surface area contributed by atoms with Crippen LogP contribution in [0.15, 0.2) is 78.9 Å². The summed E-state index contributed by atoms with van der Waals surface area (Å²) in [5.74, 6) is 0.427. The summed E-state index contributed by atoms with van der Waals surface area (Å²) in [5.41, 5.74) is 3.04. The Bertz CT molecular complexity index is 1190. The van der Waals surface area contributed by atoms with Crippen LogP contribution < -0.4 is 14.4 Å². The van der Waals surface area contributed by atoms with Gasteiger partial charge < -0.3 is 10.1 Å². The molecule has 0 radical (unpaired) electrons. The molecule has 0 aliphatic carbocycles. The number of benzene rings is 3. The molecule has 3 aromatic rings. The summed E-state index contributed by atoms with van der Waals surface area (Å²) in [4.78, 5) is 13.2. The molecule has 0 heterocycles. The fourth-order valence-corrected chi connectivity index (χ4v) is 3.43. The summed E-state index contributed by atoms with van der Waals surface area (Å²) in [5, 5.41) is 2.88. The van der Waals surface area contributed by atoms with Gasteiger partial charge in [-0.1, -0.05) is 48.5 Å². The lowest BCUT2D eigenvalue weighted by Gasteiger charge is -2.18. The van der Waals surface area contributed by atoms with E-state index in [2.05, 4.69) is 5.32 Å². The molecule has 0 aliphatic rings. The Morgan fingerprint density at radius 2 is 1.65 bits per heavy atom. The average Bonchev–Trinajstić information content (AvgIpc) is 2.77. The summed E-state index contributed by atoms with van der Waals surface area (Å²) >= 11 is 0. The summed E-state index contributed by atoms with van der Waals surface area (Å²) in [7, 11) is -0.340. The van der Waals surface area contributed by atoms with Crippen molar-refractivity contribution in [2.24, 2.45) is 0 Å². The SMILES string of the molecule is COc1ccc(/C=C(/C(=O)Nc2cccc(N(C)S(C)(=O)=O)c2)c2ccccc2)cc1. The van der Waals surface area contributed by atoms with E-state index in [-0.39, 0.29) is 5.91 Å². The summed E-state index contributed by atoms with van der Waals surface area (Å²) in [6.07, 6.45) is 2.93. The normalized spacial score (nSPS) is 11.6. The second kappa shape index (κ2) is 9.49. The number of rotatable bonds is 7. The molecular weight excluding hydrogens is 412 g/mol. The lowest BCUT2D eigenvalue weighted by atomic mass is 10.0. The first-order chi connectivity index (χ1) is 14.8. The number of methoxy groups -OCH3 is 1. The van der Waals surface area contributed by atoms with Crippen molar-refractivity contribution in [2.75, 3.05) is 30.0 Å². The highest BCUT2D eigenvalue weighted by Gasteiger charge is 2.15. The van der Waals surface area contributed by atoms with Crippen LogP contribution in [0.5, 0.6) is 5.75 Å². The predicted molar refractivity (Wildman–Crippen MR) is 126 cm³/mol. The van der Waals surface area contributed by atoms with E-state index >= 15 is 0 Å². The molecule has 1 N–H and O–H groups in total. The third-order valence-electron chi connectivity index (χ3n) is 4.72. The van der Waals surface area contributed by atoms with Gasteiger partial charge in [0.2, 0.25) is 10.0 Å². The van der Waals surface area contributed by atoms with Gasteiger partial charge in [-0.15, -0.1) is 0 Å². The van der Waals surface area contributed by atoms with Crippen LogP contribution in [0.2, 0.25) is 0 Å². The Hall–Kier alpha value is -3.58. The third kappa shape index (κ3) is 5.73. The predicted octanol–water partition coefficient (Wildman–Crippen LogP) is 4.27. The first-order valence-corrected chi connectivity index (χ1v) is 11.4. The molecule has 0 aromatic heterocycles. The Kier molecular flexibility index (Phi) is 6.77. The number of nitrogens with one attached hydrogen (secondary N) is 1. The van der Waals surface area contributed by atoms with Crippen LogP contribution in [0.4, 0.5) is 11.4 Å². The second-order valence-electron chi connectivity index (χ2n) is 6.93. The minimum absolute atomic E-state index is 0.304. The molecule has 0 spiro atoms. The van der Waals surface area contributed by atoms with Crippen molar-refractivity contribution in [3.8, 4) is 5.75 Å². The van der Waals surface area contributed by atoms with E-state index < -0.39 is 10.0 Å². The van der Waals surface area contributed by atoms with E-state index in [1.807, 2.05) is 54.6 Å². The average molecular weight is 437 g/mol. The minimum atomic E-state index is -3.41. The van der Waals surface area contributed by atoms with E-state index in [4.69, 9.17) is 4.74 Å². The van der Waals surface area contributed by atoms with Crippen molar-refractivity contribution in [1.82, 2.24) is 0 Å². The fourth-order valence-electron chi connectivity index (χ4n) is 2.93. The third-order valence-corrected chi connectivity index (χ3v) is 5.93. The lowest BCUT2D eigenvalue weighted by Crippen LogP contribution is -2.25. The molecular formula is C24H24N2O4S. The molecule has 0 atom stereocenters. The molecule has 0 bridgehead atoms. The lowest BCUT2D eigenvalue weighted by molar-refractivity contribution is -0.111. The highest BCUT2D eigenvalue weighted by Crippen LogP contribution is 2.24. The van der Waals surface area contributed by atoms with E-state index in [1.165, 1.54) is 7.05 Å². The van der Waals surface area contributed by atoms with Crippen molar-refractivity contribution in [3.05, 3.63) is 90.0 Å². The summed E-state index contributed by atoms with van der Waals surface area (Å²) < 4.78 is 30.0. The monoisotopic (exact) mass is 436 g/mol. The van der Waals surface area contributed by atoms with Gasteiger partial charge in [-0.05, 0) is 47.5 Å².